The number of hydrogen-bond donors (Lipinski definition) is 0. The third-order valence-electron chi connectivity index (χ3n) is 4.62. The van der Waals surface area contributed by atoms with Gasteiger partial charge in [0.15, 0.2) is 0 Å². The van der Waals surface area contributed by atoms with E-state index in [1.165, 1.54) is 0 Å². The Labute approximate surface area is 153 Å². The van der Waals surface area contributed by atoms with Crippen LogP contribution in [0, 0.1) is 5.92 Å². The van der Waals surface area contributed by atoms with Gasteiger partial charge in [0, 0.05) is 6.54 Å². The van der Waals surface area contributed by atoms with Crippen LogP contribution in [0.4, 0.5) is 4.79 Å². The molecule has 136 valence electrons. The van der Waals surface area contributed by atoms with Crippen LogP contribution in [-0.2, 0) is 16.1 Å². The first-order chi connectivity index (χ1) is 12.6. The predicted octanol–water partition coefficient (Wildman–Crippen LogP) is 3.89. The van der Waals surface area contributed by atoms with Crippen LogP contribution >= 0.6 is 0 Å². The van der Waals surface area contributed by atoms with Crippen LogP contribution in [-0.4, -0.2) is 36.2 Å². The van der Waals surface area contributed by atoms with Gasteiger partial charge in [0.2, 0.25) is 0 Å². The summed E-state index contributed by atoms with van der Waals surface area (Å²) < 4.78 is 11.0. The third-order valence-corrected chi connectivity index (χ3v) is 4.62. The van der Waals surface area contributed by atoms with Crippen molar-refractivity contribution in [2.45, 2.75) is 26.1 Å². The Morgan fingerprint density at radius 2 is 1.69 bits per heavy atom. The van der Waals surface area contributed by atoms with Crippen LogP contribution in [0.25, 0.3) is 0 Å². The van der Waals surface area contributed by atoms with Crippen molar-refractivity contribution >= 4 is 12.1 Å². The normalized spacial score (nSPS) is 19.7. The zero-order valence-corrected chi connectivity index (χ0v) is 14.8. The van der Waals surface area contributed by atoms with Crippen LogP contribution in [0.5, 0.6) is 0 Å². The van der Waals surface area contributed by atoms with Gasteiger partial charge in [0.05, 0.1) is 12.1 Å². The van der Waals surface area contributed by atoms with E-state index < -0.39 is 0 Å². The minimum atomic E-state index is -0.374. The molecule has 0 spiro atoms. The summed E-state index contributed by atoms with van der Waals surface area (Å²) in [4.78, 5) is 26.2. The van der Waals surface area contributed by atoms with Gasteiger partial charge >= 0.3 is 12.1 Å². The lowest BCUT2D eigenvalue weighted by Crippen LogP contribution is -2.47. The topological polar surface area (TPSA) is 55.8 Å². The molecular formula is C21H23NO4. The molecule has 3 rings (SSSR count). The fourth-order valence-electron chi connectivity index (χ4n) is 2.94. The van der Waals surface area contributed by atoms with Crippen molar-refractivity contribution < 1.29 is 19.1 Å². The van der Waals surface area contributed by atoms with Gasteiger partial charge < -0.3 is 14.4 Å². The quantitative estimate of drug-likeness (QED) is 0.783. The number of carbonyl (C=O) groups excluding carboxylic acids is 2. The molecule has 5 nitrogen and oxygen atoms in total. The van der Waals surface area contributed by atoms with E-state index in [4.69, 9.17) is 9.47 Å². The van der Waals surface area contributed by atoms with E-state index in [0.29, 0.717) is 18.7 Å². The Morgan fingerprint density at radius 3 is 2.38 bits per heavy atom. The first kappa shape index (κ1) is 18.0. The summed E-state index contributed by atoms with van der Waals surface area (Å²) in [5.74, 6) is -0.164. The molecule has 2 aromatic carbocycles. The Morgan fingerprint density at radius 1 is 1.04 bits per heavy atom. The van der Waals surface area contributed by atoms with E-state index in [0.717, 1.165) is 12.0 Å². The number of nitrogens with zero attached hydrogens (tertiary/aromatic N) is 1. The Kier molecular flexibility index (Phi) is 5.89. The summed E-state index contributed by atoms with van der Waals surface area (Å²) in [5.41, 5.74) is 1.46. The molecule has 0 radical (unpaired) electrons. The number of ether oxygens (including phenoxy) is 2. The van der Waals surface area contributed by atoms with Gasteiger partial charge in [-0.1, -0.05) is 55.5 Å². The van der Waals surface area contributed by atoms with Crippen LogP contribution in [0.3, 0.4) is 0 Å². The van der Waals surface area contributed by atoms with Crippen molar-refractivity contribution in [3.63, 3.8) is 0 Å². The molecule has 26 heavy (non-hydrogen) atoms. The summed E-state index contributed by atoms with van der Waals surface area (Å²) in [5, 5.41) is 0. The highest BCUT2D eigenvalue weighted by Crippen LogP contribution is 2.22. The van der Waals surface area contributed by atoms with E-state index in [-0.39, 0.29) is 30.7 Å². The summed E-state index contributed by atoms with van der Waals surface area (Å²) in [6.07, 6.45) is 0.0648. The lowest BCUT2D eigenvalue weighted by Gasteiger charge is -2.35. The standard InChI is InChI=1S/C21H23NO4/c1-16-12-13-22(21(24)25-15-17-8-4-2-5-9-17)14-19(16)26-20(23)18-10-6-3-7-11-18/h2-11,16,19H,12-15H2,1H3/t16-,19-/m1/s1. The molecule has 0 N–H and O–H groups in total. The van der Waals surface area contributed by atoms with E-state index in [1.54, 1.807) is 29.2 Å². The molecule has 1 saturated heterocycles. The molecule has 1 heterocycles. The maximum Gasteiger partial charge on any atom is 0.410 e. The SMILES string of the molecule is C[C@@H]1CCN(C(=O)OCc2ccccc2)C[C@H]1OC(=O)c1ccccc1. The summed E-state index contributed by atoms with van der Waals surface area (Å²) in [6.45, 7) is 3.23. The van der Waals surface area contributed by atoms with Crippen molar-refractivity contribution in [3.05, 3.63) is 71.8 Å². The van der Waals surface area contributed by atoms with Gasteiger partial charge in [-0.25, -0.2) is 9.59 Å². The molecule has 0 unspecified atom stereocenters. The zero-order chi connectivity index (χ0) is 18.4. The smallest absolute Gasteiger partial charge is 0.410 e. The third kappa shape index (κ3) is 4.63. The van der Waals surface area contributed by atoms with Crippen molar-refractivity contribution in [3.8, 4) is 0 Å². The predicted molar refractivity (Wildman–Crippen MR) is 97.6 cm³/mol. The van der Waals surface area contributed by atoms with Crippen molar-refractivity contribution in [1.82, 2.24) is 4.90 Å². The molecular weight excluding hydrogens is 330 g/mol. The van der Waals surface area contributed by atoms with E-state index in [2.05, 4.69) is 0 Å². The average Bonchev–Trinajstić information content (AvgIpc) is 2.69. The van der Waals surface area contributed by atoms with E-state index in [1.807, 2.05) is 43.3 Å². The van der Waals surface area contributed by atoms with Crippen LogP contribution in [0.1, 0.15) is 29.3 Å². The second kappa shape index (κ2) is 8.52. The number of likely N-dealkylation sites (tertiary alicyclic amines) is 1. The van der Waals surface area contributed by atoms with Crippen molar-refractivity contribution in [2.75, 3.05) is 13.1 Å². The number of rotatable bonds is 4. The van der Waals surface area contributed by atoms with E-state index >= 15 is 0 Å². The van der Waals surface area contributed by atoms with Crippen LogP contribution in [0.15, 0.2) is 60.7 Å². The number of benzene rings is 2. The maximum absolute atomic E-state index is 12.3. The summed E-state index contributed by atoms with van der Waals surface area (Å²) >= 11 is 0. The molecule has 2 atom stereocenters. The molecule has 1 fully saturated rings. The van der Waals surface area contributed by atoms with Crippen LogP contribution in [0.2, 0.25) is 0 Å². The number of amides is 1. The van der Waals surface area contributed by atoms with Crippen LogP contribution < -0.4 is 0 Å². The molecule has 2 aromatic rings. The van der Waals surface area contributed by atoms with Gasteiger partial charge in [-0.15, -0.1) is 0 Å². The fraction of sp³-hybridized carbons (Fsp3) is 0.333. The second-order valence-electron chi connectivity index (χ2n) is 6.56. The van der Waals surface area contributed by atoms with Crippen molar-refractivity contribution in [2.24, 2.45) is 5.92 Å². The molecule has 0 bridgehead atoms. The second-order valence-corrected chi connectivity index (χ2v) is 6.56. The van der Waals surface area contributed by atoms with Gasteiger partial charge in [0.25, 0.3) is 0 Å². The number of hydrogen-bond acceptors (Lipinski definition) is 4. The molecule has 0 aromatic heterocycles. The van der Waals surface area contributed by atoms with Gasteiger partial charge in [0.1, 0.15) is 12.7 Å². The lowest BCUT2D eigenvalue weighted by atomic mass is 9.96. The molecule has 0 aliphatic carbocycles. The molecule has 1 aliphatic heterocycles. The molecule has 5 heteroatoms. The Hall–Kier alpha value is -2.82. The largest absolute Gasteiger partial charge is 0.457 e. The highest BCUT2D eigenvalue weighted by atomic mass is 16.6. The fourth-order valence-corrected chi connectivity index (χ4v) is 2.94. The lowest BCUT2D eigenvalue weighted by molar-refractivity contribution is -0.0152. The first-order valence-electron chi connectivity index (χ1n) is 8.85. The molecule has 1 amide bonds. The average molecular weight is 353 g/mol. The van der Waals surface area contributed by atoms with Gasteiger partial charge in [-0.2, -0.15) is 0 Å². The maximum atomic E-state index is 12.3. The van der Waals surface area contributed by atoms with E-state index in [9.17, 15) is 9.59 Å². The van der Waals surface area contributed by atoms with Gasteiger partial charge in [-0.05, 0) is 30.0 Å². The Bertz CT molecular complexity index is 732. The highest BCUT2D eigenvalue weighted by molar-refractivity contribution is 5.89. The number of carbonyl (C=O) groups is 2. The van der Waals surface area contributed by atoms with Crippen molar-refractivity contribution in [1.29, 1.82) is 0 Å². The Balaban J connectivity index is 1.55. The number of esters is 1. The summed E-state index contributed by atoms with van der Waals surface area (Å²) in [7, 11) is 0. The molecule has 0 saturated carbocycles. The highest BCUT2D eigenvalue weighted by Gasteiger charge is 2.32. The first-order valence-corrected chi connectivity index (χ1v) is 8.85. The molecule has 1 aliphatic rings. The monoisotopic (exact) mass is 353 g/mol. The summed E-state index contributed by atoms with van der Waals surface area (Å²) in [6, 6.07) is 18.5. The zero-order valence-electron chi connectivity index (χ0n) is 14.8. The van der Waals surface area contributed by atoms with Gasteiger partial charge in [-0.3, -0.25) is 0 Å². The number of piperidine rings is 1. The minimum absolute atomic E-state index is 0.195. The minimum Gasteiger partial charge on any atom is -0.457 e.